The van der Waals surface area contributed by atoms with Crippen molar-refractivity contribution >= 4 is 44.5 Å². The largest absolute Gasteiger partial charge is 0.315 e. The quantitative estimate of drug-likeness (QED) is 0.690. The van der Waals surface area contributed by atoms with Gasteiger partial charge in [-0.15, -0.1) is 11.3 Å². The molecule has 2 aromatic rings. The Morgan fingerprint density at radius 1 is 1.33 bits per heavy atom. The van der Waals surface area contributed by atoms with Gasteiger partial charge in [-0.3, -0.25) is 14.9 Å². The maximum Gasteiger partial charge on any atom is 0.292 e. The number of carbonyl (C=O) groups excluding carboxylic acids is 1. The average Bonchev–Trinajstić information content (AvgIpc) is 2.76. The molecule has 2 rings (SSSR count). The van der Waals surface area contributed by atoms with Gasteiger partial charge in [0.15, 0.2) is 0 Å². The standard InChI is InChI=1S/C11H7BrN2O3S/c12-7-5-6-18-10(7)11(15)13-8-3-1-2-4-9(8)14(16)17/h1-6H,(H,13,15). The maximum absolute atomic E-state index is 11.9. The molecule has 0 unspecified atom stereocenters. The third-order valence-corrected chi connectivity index (χ3v) is 4.01. The van der Waals surface area contributed by atoms with Gasteiger partial charge in [-0.2, -0.15) is 0 Å². The predicted octanol–water partition coefficient (Wildman–Crippen LogP) is 3.67. The van der Waals surface area contributed by atoms with E-state index in [9.17, 15) is 14.9 Å². The van der Waals surface area contributed by atoms with E-state index in [2.05, 4.69) is 21.2 Å². The third kappa shape index (κ3) is 2.57. The third-order valence-electron chi connectivity index (χ3n) is 2.17. The average molecular weight is 327 g/mol. The zero-order valence-corrected chi connectivity index (χ0v) is 11.3. The van der Waals surface area contributed by atoms with E-state index >= 15 is 0 Å². The lowest BCUT2D eigenvalue weighted by Crippen LogP contribution is -2.12. The fourth-order valence-corrected chi connectivity index (χ4v) is 2.82. The molecule has 0 atom stereocenters. The molecule has 0 saturated heterocycles. The number of para-hydroxylation sites is 2. The van der Waals surface area contributed by atoms with E-state index in [0.29, 0.717) is 9.35 Å². The fourth-order valence-electron chi connectivity index (χ4n) is 1.37. The number of thiophene rings is 1. The van der Waals surface area contributed by atoms with E-state index in [4.69, 9.17) is 0 Å². The molecule has 1 amide bonds. The van der Waals surface area contributed by atoms with Crippen molar-refractivity contribution in [3.63, 3.8) is 0 Å². The first kappa shape index (κ1) is 12.7. The van der Waals surface area contributed by atoms with Crippen LogP contribution in [-0.2, 0) is 0 Å². The number of amides is 1. The Labute approximate surface area is 115 Å². The molecule has 18 heavy (non-hydrogen) atoms. The lowest BCUT2D eigenvalue weighted by molar-refractivity contribution is -0.383. The van der Waals surface area contributed by atoms with Gasteiger partial charge in [0.1, 0.15) is 10.6 Å². The SMILES string of the molecule is O=C(Nc1ccccc1[N+](=O)[O-])c1sccc1Br. The summed E-state index contributed by atoms with van der Waals surface area (Å²) in [7, 11) is 0. The summed E-state index contributed by atoms with van der Waals surface area (Å²) >= 11 is 4.51. The first-order valence-electron chi connectivity index (χ1n) is 4.87. The summed E-state index contributed by atoms with van der Waals surface area (Å²) < 4.78 is 0.670. The molecule has 5 nitrogen and oxygen atoms in total. The minimum absolute atomic E-state index is 0.126. The van der Waals surface area contributed by atoms with Crippen molar-refractivity contribution in [1.82, 2.24) is 0 Å². The molecule has 0 aliphatic carbocycles. The second-order valence-corrected chi connectivity index (χ2v) is 5.10. The minimum Gasteiger partial charge on any atom is -0.315 e. The number of nitro groups is 1. The van der Waals surface area contributed by atoms with Crippen molar-refractivity contribution in [2.24, 2.45) is 0 Å². The van der Waals surface area contributed by atoms with E-state index in [-0.39, 0.29) is 17.3 Å². The number of hydrogen-bond donors (Lipinski definition) is 1. The Morgan fingerprint density at radius 3 is 2.67 bits per heavy atom. The van der Waals surface area contributed by atoms with Crippen LogP contribution in [-0.4, -0.2) is 10.8 Å². The molecular weight excluding hydrogens is 320 g/mol. The second kappa shape index (κ2) is 5.28. The van der Waals surface area contributed by atoms with Crippen LogP contribution in [0.2, 0.25) is 0 Å². The summed E-state index contributed by atoms with van der Waals surface area (Å²) in [6.45, 7) is 0. The topological polar surface area (TPSA) is 72.2 Å². The Balaban J connectivity index is 2.28. The van der Waals surface area contributed by atoms with Crippen LogP contribution in [0, 0.1) is 10.1 Å². The van der Waals surface area contributed by atoms with Crippen molar-refractivity contribution in [2.45, 2.75) is 0 Å². The van der Waals surface area contributed by atoms with Crippen LogP contribution >= 0.6 is 27.3 Å². The lowest BCUT2D eigenvalue weighted by atomic mass is 10.2. The number of halogens is 1. The molecule has 0 bridgehead atoms. The first-order chi connectivity index (χ1) is 8.59. The second-order valence-electron chi connectivity index (χ2n) is 3.33. The van der Waals surface area contributed by atoms with Crippen molar-refractivity contribution in [2.75, 3.05) is 5.32 Å². The van der Waals surface area contributed by atoms with Crippen molar-refractivity contribution < 1.29 is 9.72 Å². The van der Waals surface area contributed by atoms with Gasteiger partial charge in [-0.25, -0.2) is 0 Å². The van der Waals surface area contributed by atoms with Gasteiger partial charge >= 0.3 is 0 Å². The molecule has 92 valence electrons. The predicted molar refractivity (Wildman–Crippen MR) is 73.1 cm³/mol. The van der Waals surface area contributed by atoms with E-state index in [1.165, 1.54) is 23.5 Å². The van der Waals surface area contributed by atoms with Gasteiger partial charge in [-0.05, 0) is 33.4 Å². The summed E-state index contributed by atoms with van der Waals surface area (Å²) in [5, 5.41) is 15.1. The summed E-state index contributed by atoms with van der Waals surface area (Å²) in [5.74, 6) is -0.369. The highest BCUT2D eigenvalue weighted by atomic mass is 79.9. The number of rotatable bonds is 3. The van der Waals surface area contributed by atoms with Crippen molar-refractivity contribution in [3.8, 4) is 0 Å². The highest BCUT2D eigenvalue weighted by molar-refractivity contribution is 9.10. The van der Waals surface area contributed by atoms with E-state index in [1.54, 1.807) is 23.6 Å². The van der Waals surface area contributed by atoms with E-state index in [0.717, 1.165) is 0 Å². The molecule has 0 radical (unpaired) electrons. The number of nitrogens with one attached hydrogen (secondary N) is 1. The molecule has 1 N–H and O–H groups in total. The van der Waals surface area contributed by atoms with E-state index < -0.39 is 4.92 Å². The van der Waals surface area contributed by atoms with Crippen LogP contribution in [0.25, 0.3) is 0 Å². The molecule has 0 saturated carbocycles. The van der Waals surface area contributed by atoms with Gasteiger partial charge in [0, 0.05) is 10.5 Å². The number of hydrogen-bond acceptors (Lipinski definition) is 4. The van der Waals surface area contributed by atoms with Gasteiger partial charge in [0.05, 0.1) is 4.92 Å². The number of nitrogens with zero attached hydrogens (tertiary/aromatic N) is 1. The highest BCUT2D eigenvalue weighted by Gasteiger charge is 2.17. The highest BCUT2D eigenvalue weighted by Crippen LogP contribution is 2.27. The van der Waals surface area contributed by atoms with Crippen molar-refractivity contribution in [1.29, 1.82) is 0 Å². The Kier molecular flexibility index (Phi) is 3.73. The van der Waals surface area contributed by atoms with Gasteiger partial charge in [0.2, 0.25) is 0 Å². The summed E-state index contributed by atoms with van der Waals surface area (Å²) in [6, 6.07) is 7.77. The molecule has 7 heteroatoms. The number of carbonyl (C=O) groups is 1. The molecular formula is C11H7BrN2O3S. The van der Waals surface area contributed by atoms with Crippen LogP contribution in [0.15, 0.2) is 40.2 Å². The number of benzene rings is 1. The summed E-state index contributed by atoms with van der Waals surface area (Å²) in [5.41, 5.74) is 0.0614. The van der Waals surface area contributed by atoms with E-state index in [1.807, 2.05) is 0 Å². The molecule has 1 aromatic carbocycles. The minimum atomic E-state index is -0.529. The van der Waals surface area contributed by atoms with Gasteiger partial charge < -0.3 is 5.32 Å². The van der Waals surface area contributed by atoms with Crippen LogP contribution in [0.4, 0.5) is 11.4 Å². The molecule has 0 fully saturated rings. The summed E-state index contributed by atoms with van der Waals surface area (Å²) in [4.78, 5) is 22.7. The molecule has 0 aliphatic heterocycles. The smallest absolute Gasteiger partial charge is 0.292 e. The zero-order chi connectivity index (χ0) is 13.1. The van der Waals surface area contributed by atoms with Crippen LogP contribution in [0.1, 0.15) is 9.67 Å². The van der Waals surface area contributed by atoms with Crippen LogP contribution < -0.4 is 5.32 Å². The maximum atomic E-state index is 11.9. The lowest BCUT2D eigenvalue weighted by Gasteiger charge is -2.04. The van der Waals surface area contributed by atoms with Crippen molar-refractivity contribution in [3.05, 3.63) is 55.2 Å². The van der Waals surface area contributed by atoms with Gasteiger partial charge in [0.25, 0.3) is 11.6 Å². The molecule has 0 aliphatic rings. The first-order valence-corrected chi connectivity index (χ1v) is 6.54. The Hall–Kier alpha value is -1.73. The Bertz CT molecular complexity index is 612. The normalized spacial score (nSPS) is 10.1. The molecule has 0 spiro atoms. The number of nitro benzene ring substituents is 1. The monoisotopic (exact) mass is 326 g/mol. The number of anilines is 1. The van der Waals surface area contributed by atoms with Gasteiger partial charge in [-0.1, -0.05) is 12.1 Å². The zero-order valence-electron chi connectivity index (χ0n) is 8.92. The molecule has 1 aromatic heterocycles. The fraction of sp³-hybridized carbons (Fsp3) is 0. The summed E-state index contributed by atoms with van der Waals surface area (Å²) in [6.07, 6.45) is 0. The van der Waals surface area contributed by atoms with Crippen LogP contribution in [0.5, 0.6) is 0 Å². The Morgan fingerprint density at radius 2 is 2.06 bits per heavy atom. The van der Waals surface area contributed by atoms with Crippen LogP contribution in [0.3, 0.4) is 0 Å². The molecule has 1 heterocycles.